The van der Waals surface area contributed by atoms with Gasteiger partial charge in [0, 0.05) is 47.2 Å². The van der Waals surface area contributed by atoms with Gasteiger partial charge in [-0.25, -0.2) is 0 Å². The summed E-state index contributed by atoms with van der Waals surface area (Å²) < 4.78 is 66.3. The van der Waals surface area contributed by atoms with Crippen molar-refractivity contribution in [1.29, 1.82) is 0 Å². The van der Waals surface area contributed by atoms with Gasteiger partial charge in [-0.15, -0.1) is 35.1 Å². The van der Waals surface area contributed by atoms with Gasteiger partial charge in [-0.3, -0.25) is 0 Å². The summed E-state index contributed by atoms with van der Waals surface area (Å²) in [6.07, 6.45) is -9.04. The molecule has 0 saturated heterocycles. The van der Waals surface area contributed by atoms with Crippen LogP contribution < -0.4 is 0 Å². The molecular formula is C2AgF6N2S2. The van der Waals surface area contributed by atoms with E-state index < -0.39 is 12.6 Å². The third-order valence-corrected chi connectivity index (χ3v) is 0.621. The van der Waals surface area contributed by atoms with Gasteiger partial charge in [-0.2, -0.15) is 0 Å². The van der Waals surface area contributed by atoms with Crippen LogP contribution in [0.25, 0.3) is 0 Å². The zero-order chi connectivity index (χ0) is 10.4. The van der Waals surface area contributed by atoms with Crippen LogP contribution in [0.4, 0.5) is 26.3 Å². The molecule has 0 aliphatic carbocycles. The van der Waals surface area contributed by atoms with Gasteiger partial charge in [-0.1, -0.05) is 0 Å². The summed E-state index contributed by atoms with van der Waals surface area (Å²) in [4.78, 5) is 0. The number of hydrogen-bond donors (Lipinski definition) is 0. The van der Waals surface area contributed by atoms with Crippen molar-refractivity contribution in [3.63, 3.8) is 0 Å². The Bertz CT molecular complexity index is 136. The molecule has 0 fully saturated rings. The predicted octanol–water partition coefficient (Wildman–Crippen LogP) is 2.47. The van der Waals surface area contributed by atoms with E-state index in [0.717, 1.165) is 0 Å². The van der Waals surface area contributed by atoms with Crippen LogP contribution in [-0.4, -0.2) is 12.6 Å². The van der Waals surface area contributed by atoms with E-state index in [1.54, 1.807) is 8.73 Å². The zero-order valence-electron chi connectivity index (χ0n) is 5.28. The molecule has 0 aliphatic rings. The van der Waals surface area contributed by atoms with Gasteiger partial charge in [0.05, 0.1) is 0 Å². The smallest absolute Gasteiger partial charge is 0.148 e. The quantitative estimate of drug-likeness (QED) is 0.385. The van der Waals surface area contributed by atoms with Gasteiger partial charge in [-0.05, 0) is 0 Å². The Balaban J connectivity index is -0.000000143. The first-order valence-corrected chi connectivity index (χ1v) is 2.68. The molecule has 0 aromatic carbocycles. The minimum absolute atomic E-state index is 0. The molecule has 1 radical (unpaired) electrons. The van der Waals surface area contributed by atoms with Gasteiger partial charge in [0.15, 0.2) is 0 Å². The molecule has 83 valence electrons. The summed E-state index contributed by atoms with van der Waals surface area (Å²) in [5, 5.41) is 0. The van der Waals surface area contributed by atoms with Gasteiger partial charge in [0.1, 0.15) is 0 Å². The minimum Gasteiger partial charge on any atom is -0.148 e. The Morgan fingerprint density at radius 2 is 0.769 bits per heavy atom. The molecule has 13 heavy (non-hydrogen) atoms. The van der Waals surface area contributed by atoms with Crippen LogP contribution in [0.15, 0.2) is 8.73 Å². The fourth-order valence-electron chi connectivity index (χ4n) is 0. The predicted molar refractivity (Wildman–Crippen MR) is 31.7 cm³/mol. The molecule has 0 rings (SSSR count). The molecule has 0 atom stereocenters. The monoisotopic (exact) mass is 337 g/mol. The molecule has 0 bridgehead atoms. The number of rotatable bonds is 0. The Morgan fingerprint density at radius 3 is 0.769 bits per heavy atom. The van der Waals surface area contributed by atoms with Crippen molar-refractivity contribution in [2.24, 2.45) is 8.73 Å². The fourth-order valence-corrected chi connectivity index (χ4v) is 0. The molecule has 0 heterocycles. The third kappa shape index (κ3) is 32.8. The van der Waals surface area contributed by atoms with E-state index in [-0.39, 0.29) is 22.4 Å². The standard InChI is InChI=1S/2CF3NS.Ag/c2*2-1(3,4)5-6;. The summed E-state index contributed by atoms with van der Waals surface area (Å²) in [6, 6.07) is 0. The molecule has 0 amide bonds. The second-order valence-electron chi connectivity index (χ2n) is 1.12. The molecule has 0 aliphatic heterocycles. The van der Waals surface area contributed by atoms with Crippen molar-refractivity contribution >= 4 is 24.9 Å². The minimum atomic E-state index is -4.52. The SMILES string of the molecule is FC(F)(F)N=S.FC(F)(F)N=S.[Ag]. The van der Waals surface area contributed by atoms with Gasteiger partial charge >= 0.3 is 12.6 Å². The molecular weight excluding hydrogens is 338 g/mol. The van der Waals surface area contributed by atoms with Crippen molar-refractivity contribution in [3.05, 3.63) is 0 Å². The maximum absolute atomic E-state index is 10.5. The number of nitrogens with zero attached hydrogens (tertiary/aromatic N) is 2. The molecule has 11 heteroatoms. The van der Waals surface area contributed by atoms with Crippen molar-refractivity contribution in [1.82, 2.24) is 0 Å². The van der Waals surface area contributed by atoms with E-state index in [9.17, 15) is 26.3 Å². The first-order chi connectivity index (χ1) is 5.12. The van der Waals surface area contributed by atoms with Crippen LogP contribution in [0.3, 0.4) is 0 Å². The second-order valence-corrected chi connectivity index (χ2v) is 1.48. The van der Waals surface area contributed by atoms with Crippen LogP contribution in [0.1, 0.15) is 0 Å². The Kier molecular flexibility index (Phi) is 11.3. The second kappa shape index (κ2) is 7.74. The molecule has 0 aromatic heterocycles. The van der Waals surface area contributed by atoms with E-state index in [2.05, 4.69) is 24.9 Å². The number of halogens is 6. The van der Waals surface area contributed by atoms with Crippen molar-refractivity contribution in [3.8, 4) is 0 Å². The van der Waals surface area contributed by atoms with Crippen molar-refractivity contribution < 1.29 is 48.7 Å². The third-order valence-electron chi connectivity index (χ3n) is 0.207. The largest absolute Gasteiger partial charge is 0.514 e. The molecule has 0 spiro atoms. The molecule has 2 nitrogen and oxygen atoms in total. The van der Waals surface area contributed by atoms with E-state index in [1.807, 2.05) is 0 Å². The Hall–Kier alpha value is 0.360. The number of hydrogen-bond acceptors (Lipinski definition) is 4. The van der Waals surface area contributed by atoms with Crippen molar-refractivity contribution in [2.45, 2.75) is 12.6 Å². The van der Waals surface area contributed by atoms with E-state index in [4.69, 9.17) is 0 Å². The average Bonchev–Trinajstić information content (AvgIpc) is 1.86. The number of alkyl halides is 6. The summed E-state index contributed by atoms with van der Waals surface area (Å²) in [6.45, 7) is 0. The van der Waals surface area contributed by atoms with Crippen LogP contribution in [0, 0.1) is 0 Å². The van der Waals surface area contributed by atoms with E-state index in [0.29, 0.717) is 0 Å². The van der Waals surface area contributed by atoms with Gasteiger partial charge in [0.25, 0.3) is 0 Å². The van der Waals surface area contributed by atoms with E-state index in [1.165, 1.54) is 0 Å². The topological polar surface area (TPSA) is 24.7 Å². The maximum atomic E-state index is 10.5. The van der Waals surface area contributed by atoms with Crippen LogP contribution in [0.5, 0.6) is 0 Å². The molecule has 0 aromatic rings. The Morgan fingerprint density at radius 1 is 0.692 bits per heavy atom. The first kappa shape index (κ1) is 19.0. The zero-order valence-corrected chi connectivity index (χ0v) is 8.40. The maximum Gasteiger partial charge on any atom is 0.514 e. The fraction of sp³-hybridized carbons (Fsp3) is 1.00. The molecule has 0 saturated carbocycles. The van der Waals surface area contributed by atoms with Crippen LogP contribution in [-0.2, 0) is 47.2 Å². The molecule has 0 unspecified atom stereocenters. The summed E-state index contributed by atoms with van der Waals surface area (Å²) in [7, 11) is 0. The normalized spacial score (nSPS) is 10.3. The van der Waals surface area contributed by atoms with Crippen LogP contribution in [0.2, 0.25) is 0 Å². The van der Waals surface area contributed by atoms with Gasteiger partial charge < -0.3 is 0 Å². The average molecular weight is 338 g/mol. The molecule has 0 N–H and O–H groups in total. The van der Waals surface area contributed by atoms with Gasteiger partial charge in [0.2, 0.25) is 0 Å². The summed E-state index contributed by atoms with van der Waals surface area (Å²) >= 11 is 6.58. The summed E-state index contributed by atoms with van der Waals surface area (Å²) in [5.41, 5.74) is 0. The Labute approximate surface area is 94.9 Å². The first-order valence-electron chi connectivity index (χ1n) is 1.95. The summed E-state index contributed by atoms with van der Waals surface area (Å²) in [5.74, 6) is 0. The van der Waals surface area contributed by atoms with Crippen LogP contribution >= 0.6 is 0 Å². The van der Waals surface area contributed by atoms with Crippen molar-refractivity contribution in [2.75, 3.05) is 0 Å². The van der Waals surface area contributed by atoms with E-state index >= 15 is 0 Å².